The van der Waals surface area contributed by atoms with Gasteiger partial charge in [-0.05, 0) is 36.8 Å². The molecule has 0 aliphatic heterocycles. The zero-order valence-corrected chi connectivity index (χ0v) is 10.5. The largest absolute Gasteiger partial charge is 0.504 e. The Morgan fingerprint density at radius 3 is 2.15 bits per heavy atom. The summed E-state index contributed by atoms with van der Waals surface area (Å²) in [7, 11) is 0. The summed E-state index contributed by atoms with van der Waals surface area (Å²) in [5, 5.41) is 37.4. The van der Waals surface area contributed by atoms with Gasteiger partial charge in [0.1, 0.15) is 0 Å². The molecule has 0 aliphatic rings. The summed E-state index contributed by atoms with van der Waals surface area (Å²) in [4.78, 5) is 11.9. The molecule has 0 radical (unpaired) electrons. The van der Waals surface area contributed by atoms with Gasteiger partial charge >= 0.3 is 5.97 Å². The number of hydrogen-bond donors (Lipinski definition) is 4. The van der Waals surface area contributed by atoms with E-state index in [1.54, 1.807) is 13.0 Å². The molecule has 2 aromatic carbocycles. The molecule has 6 nitrogen and oxygen atoms in total. The van der Waals surface area contributed by atoms with Crippen molar-refractivity contribution in [3.8, 4) is 28.7 Å². The van der Waals surface area contributed by atoms with Crippen molar-refractivity contribution in [3.63, 3.8) is 0 Å². The highest BCUT2D eigenvalue weighted by Gasteiger charge is 2.16. The van der Waals surface area contributed by atoms with Crippen LogP contribution in [0, 0.1) is 6.92 Å². The van der Waals surface area contributed by atoms with Crippen molar-refractivity contribution in [2.75, 3.05) is 0 Å². The predicted octanol–water partition coefficient (Wildman–Crippen LogP) is 2.04. The molecule has 4 N–H and O–H groups in total. The third kappa shape index (κ3) is 2.59. The van der Waals surface area contributed by atoms with Crippen LogP contribution in [0.5, 0.6) is 28.7 Å². The SMILES string of the molecule is Cc1ccc(O)c(OC(=O)c2cc(O)c(O)c(O)c2)c1. The third-order valence-corrected chi connectivity index (χ3v) is 2.62. The molecular formula is C14H12O6. The number of phenols is 4. The lowest BCUT2D eigenvalue weighted by Crippen LogP contribution is -2.08. The van der Waals surface area contributed by atoms with E-state index in [1.807, 2.05) is 0 Å². The van der Waals surface area contributed by atoms with Crippen molar-refractivity contribution < 1.29 is 30.0 Å². The minimum atomic E-state index is -0.892. The molecule has 0 saturated carbocycles. The van der Waals surface area contributed by atoms with Gasteiger partial charge in [-0.2, -0.15) is 0 Å². The average Bonchev–Trinajstić information content (AvgIpc) is 2.39. The molecule has 0 unspecified atom stereocenters. The van der Waals surface area contributed by atoms with Crippen LogP contribution in [0.4, 0.5) is 0 Å². The maximum absolute atomic E-state index is 11.9. The Balaban J connectivity index is 2.31. The summed E-state index contributed by atoms with van der Waals surface area (Å²) in [6.45, 7) is 1.76. The Kier molecular flexibility index (Phi) is 3.39. The summed E-state index contributed by atoms with van der Waals surface area (Å²) in [6.07, 6.45) is 0. The number of carbonyl (C=O) groups is 1. The molecule has 0 aliphatic carbocycles. The second-order valence-electron chi connectivity index (χ2n) is 4.22. The number of benzene rings is 2. The highest BCUT2D eigenvalue weighted by molar-refractivity contribution is 5.92. The van der Waals surface area contributed by atoms with E-state index in [1.165, 1.54) is 12.1 Å². The van der Waals surface area contributed by atoms with Crippen molar-refractivity contribution in [2.24, 2.45) is 0 Å². The van der Waals surface area contributed by atoms with Crippen LogP contribution in [-0.2, 0) is 0 Å². The topological polar surface area (TPSA) is 107 Å². The van der Waals surface area contributed by atoms with Gasteiger partial charge in [-0.25, -0.2) is 4.79 Å². The van der Waals surface area contributed by atoms with E-state index in [0.717, 1.165) is 17.7 Å². The summed E-state index contributed by atoms with van der Waals surface area (Å²) in [6, 6.07) is 6.39. The monoisotopic (exact) mass is 276 g/mol. The minimum Gasteiger partial charge on any atom is -0.504 e. The van der Waals surface area contributed by atoms with Crippen molar-refractivity contribution in [1.29, 1.82) is 0 Å². The molecular weight excluding hydrogens is 264 g/mol. The molecule has 2 aromatic rings. The molecule has 2 rings (SSSR count). The van der Waals surface area contributed by atoms with E-state index in [9.17, 15) is 25.2 Å². The Labute approximate surface area is 114 Å². The van der Waals surface area contributed by atoms with E-state index >= 15 is 0 Å². The van der Waals surface area contributed by atoms with Crippen molar-refractivity contribution in [2.45, 2.75) is 6.92 Å². The van der Waals surface area contributed by atoms with E-state index in [-0.39, 0.29) is 17.1 Å². The van der Waals surface area contributed by atoms with Crippen LogP contribution in [0.15, 0.2) is 30.3 Å². The lowest BCUT2D eigenvalue weighted by Gasteiger charge is -2.08. The number of aryl methyl sites for hydroxylation is 1. The highest BCUT2D eigenvalue weighted by atomic mass is 16.5. The fraction of sp³-hybridized carbons (Fsp3) is 0.0714. The van der Waals surface area contributed by atoms with Gasteiger partial charge in [0.2, 0.25) is 0 Å². The summed E-state index contributed by atoms with van der Waals surface area (Å²) in [5.74, 6) is -3.16. The van der Waals surface area contributed by atoms with Gasteiger partial charge < -0.3 is 25.2 Å². The molecule has 0 bridgehead atoms. The smallest absolute Gasteiger partial charge is 0.343 e. The van der Waals surface area contributed by atoms with E-state index in [0.29, 0.717) is 0 Å². The second kappa shape index (κ2) is 5.00. The van der Waals surface area contributed by atoms with Crippen LogP contribution in [0.25, 0.3) is 0 Å². The quantitative estimate of drug-likeness (QED) is 0.380. The first-order valence-electron chi connectivity index (χ1n) is 5.65. The van der Waals surface area contributed by atoms with Crippen LogP contribution < -0.4 is 4.74 Å². The maximum Gasteiger partial charge on any atom is 0.343 e. The Bertz CT molecular complexity index is 654. The maximum atomic E-state index is 11.9. The van der Waals surface area contributed by atoms with Crippen molar-refractivity contribution in [1.82, 2.24) is 0 Å². The molecule has 0 saturated heterocycles. The van der Waals surface area contributed by atoms with Crippen LogP contribution >= 0.6 is 0 Å². The molecule has 0 fully saturated rings. The standard InChI is InChI=1S/C14H12O6/c1-7-2-3-9(15)12(4-7)20-14(19)8-5-10(16)13(18)11(17)6-8/h2-6,15-18H,1H3. The lowest BCUT2D eigenvalue weighted by molar-refractivity contribution is 0.0728. The third-order valence-electron chi connectivity index (χ3n) is 2.62. The molecule has 0 atom stereocenters. The van der Waals surface area contributed by atoms with E-state index in [2.05, 4.69) is 0 Å². The van der Waals surface area contributed by atoms with Crippen LogP contribution in [0.2, 0.25) is 0 Å². The Morgan fingerprint density at radius 2 is 1.55 bits per heavy atom. The zero-order valence-electron chi connectivity index (χ0n) is 10.5. The lowest BCUT2D eigenvalue weighted by atomic mass is 10.2. The molecule has 6 heteroatoms. The first-order chi connectivity index (χ1) is 9.38. The van der Waals surface area contributed by atoms with Gasteiger partial charge in [-0.3, -0.25) is 0 Å². The fourth-order valence-electron chi connectivity index (χ4n) is 1.58. The molecule has 20 heavy (non-hydrogen) atoms. The zero-order chi connectivity index (χ0) is 14.9. The van der Waals surface area contributed by atoms with Gasteiger partial charge in [0, 0.05) is 0 Å². The molecule has 0 aromatic heterocycles. The Hall–Kier alpha value is -2.89. The second-order valence-corrected chi connectivity index (χ2v) is 4.22. The minimum absolute atomic E-state index is 0.0398. The summed E-state index contributed by atoms with van der Waals surface area (Å²) < 4.78 is 4.97. The molecule has 104 valence electrons. The van der Waals surface area contributed by atoms with Crippen LogP contribution in [-0.4, -0.2) is 26.4 Å². The first-order valence-corrected chi connectivity index (χ1v) is 5.65. The van der Waals surface area contributed by atoms with E-state index in [4.69, 9.17) is 4.74 Å². The Morgan fingerprint density at radius 1 is 0.950 bits per heavy atom. The highest BCUT2D eigenvalue weighted by Crippen LogP contribution is 2.36. The van der Waals surface area contributed by atoms with Crippen molar-refractivity contribution in [3.05, 3.63) is 41.5 Å². The number of phenolic OH excluding ortho intramolecular Hbond substituents is 4. The number of rotatable bonds is 2. The van der Waals surface area contributed by atoms with Gasteiger partial charge in [0.25, 0.3) is 0 Å². The average molecular weight is 276 g/mol. The number of hydrogen-bond acceptors (Lipinski definition) is 6. The van der Waals surface area contributed by atoms with E-state index < -0.39 is 23.2 Å². The van der Waals surface area contributed by atoms with Crippen LogP contribution in [0.1, 0.15) is 15.9 Å². The fourth-order valence-corrected chi connectivity index (χ4v) is 1.58. The predicted molar refractivity (Wildman–Crippen MR) is 69.2 cm³/mol. The molecule has 0 heterocycles. The van der Waals surface area contributed by atoms with Gasteiger partial charge in [0.05, 0.1) is 5.56 Å². The first kappa shape index (κ1) is 13.5. The normalized spacial score (nSPS) is 10.2. The van der Waals surface area contributed by atoms with Gasteiger partial charge in [-0.1, -0.05) is 6.07 Å². The number of esters is 1. The number of carbonyl (C=O) groups excluding carboxylic acids is 1. The molecule has 0 spiro atoms. The van der Waals surface area contributed by atoms with Gasteiger partial charge in [0.15, 0.2) is 28.7 Å². The summed E-state index contributed by atoms with van der Waals surface area (Å²) >= 11 is 0. The van der Waals surface area contributed by atoms with Gasteiger partial charge in [-0.15, -0.1) is 0 Å². The number of aromatic hydroxyl groups is 4. The number of ether oxygens (including phenoxy) is 1. The molecule has 0 amide bonds. The van der Waals surface area contributed by atoms with Crippen molar-refractivity contribution >= 4 is 5.97 Å². The summed E-state index contributed by atoms with van der Waals surface area (Å²) in [5.41, 5.74) is 0.612. The van der Waals surface area contributed by atoms with Crippen LogP contribution in [0.3, 0.4) is 0 Å².